The van der Waals surface area contributed by atoms with Crippen LogP contribution in [0.2, 0.25) is 0 Å². The van der Waals surface area contributed by atoms with E-state index < -0.39 is 0 Å². The highest BCUT2D eigenvalue weighted by Crippen LogP contribution is 2.32. The molecule has 114 valence electrons. The van der Waals surface area contributed by atoms with Crippen LogP contribution in [0.1, 0.15) is 46.4 Å². The van der Waals surface area contributed by atoms with Gasteiger partial charge in [-0.25, -0.2) is 0 Å². The Hall–Kier alpha value is -1.14. The Morgan fingerprint density at radius 1 is 1.25 bits per heavy atom. The van der Waals surface area contributed by atoms with Crippen LogP contribution >= 0.6 is 0 Å². The van der Waals surface area contributed by atoms with Gasteiger partial charge in [-0.05, 0) is 47.6 Å². The van der Waals surface area contributed by atoms with Crippen molar-refractivity contribution in [1.82, 2.24) is 20.8 Å². The van der Waals surface area contributed by atoms with E-state index in [0.717, 1.165) is 12.8 Å². The molecular formula is C14H27N5O. The van der Waals surface area contributed by atoms with Gasteiger partial charge in [0.1, 0.15) is 0 Å². The maximum atomic E-state index is 5.70. The van der Waals surface area contributed by atoms with Crippen molar-refractivity contribution in [2.45, 2.75) is 64.2 Å². The molecule has 1 saturated heterocycles. The molecule has 0 aliphatic carbocycles. The third-order valence-corrected chi connectivity index (χ3v) is 3.80. The summed E-state index contributed by atoms with van der Waals surface area (Å²) in [5.41, 5.74) is 0.211. The second-order valence-corrected chi connectivity index (χ2v) is 7.07. The first kappa shape index (κ1) is 15.3. The zero-order valence-electron chi connectivity index (χ0n) is 13.4. The summed E-state index contributed by atoms with van der Waals surface area (Å²) in [5, 5.41) is 14.9. The predicted molar refractivity (Wildman–Crippen MR) is 79.8 cm³/mol. The molecule has 1 aliphatic rings. The first-order valence-electron chi connectivity index (χ1n) is 7.22. The molecular weight excluding hydrogens is 254 g/mol. The minimum absolute atomic E-state index is 0.106. The second kappa shape index (κ2) is 5.33. The minimum Gasteiger partial charge on any atom is -0.407 e. The highest BCUT2D eigenvalue weighted by molar-refractivity contribution is 5.26. The molecule has 2 rings (SSSR count). The lowest BCUT2D eigenvalue weighted by atomic mass is 9.79. The summed E-state index contributed by atoms with van der Waals surface area (Å²) in [6, 6.07) is 0.998. The number of aromatic nitrogens is 2. The maximum Gasteiger partial charge on any atom is 0.318 e. The number of nitrogens with zero attached hydrogens (tertiary/aromatic N) is 3. The normalized spacial score (nSPS) is 21.9. The number of rotatable bonds is 4. The van der Waals surface area contributed by atoms with Crippen molar-refractivity contribution in [3.05, 3.63) is 5.89 Å². The summed E-state index contributed by atoms with van der Waals surface area (Å²) in [5.74, 6) is 0.627. The van der Waals surface area contributed by atoms with Crippen LogP contribution in [0.25, 0.3) is 0 Å². The fraction of sp³-hybridized carbons (Fsp3) is 0.857. The average Bonchev–Trinajstić information content (AvgIpc) is 2.73. The minimum atomic E-state index is 0.106. The van der Waals surface area contributed by atoms with Gasteiger partial charge in [-0.1, -0.05) is 5.10 Å². The lowest BCUT2D eigenvalue weighted by Gasteiger charge is -2.48. The molecule has 1 aromatic heterocycles. The molecule has 0 spiro atoms. The van der Waals surface area contributed by atoms with E-state index in [0.29, 0.717) is 24.5 Å². The summed E-state index contributed by atoms with van der Waals surface area (Å²) < 4.78 is 5.70. The second-order valence-electron chi connectivity index (χ2n) is 7.07. The Labute approximate surface area is 121 Å². The summed E-state index contributed by atoms with van der Waals surface area (Å²) >= 11 is 0. The van der Waals surface area contributed by atoms with Gasteiger partial charge in [-0.2, -0.15) is 0 Å². The van der Waals surface area contributed by atoms with Crippen molar-refractivity contribution in [2.75, 3.05) is 19.0 Å². The van der Waals surface area contributed by atoms with E-state index in [1.165, 1.54) is 0 Å². The van der Waals surface area contributed by atoms with Crippen LogP contribution < -0.4 is 15.5 Å². The van der Waals surface area contributed by atoms with Crippen molar-refractivity contribution in [1.29, 1.82) is 0 Å². The largest absolute Gasteiger partial charge is 0.407 e. The summed E-state index contributed by atoms with van der Waals surface area (Å²) in [6.45, 7) is 9.58. The molecule has 1 aliphatic heterocycles. The first-order chi connectivity index (χ1) is 9.22. The fourth-order valence-corrected chi connectivity index (χ4v) is 3.31. The Bertz CT molecular complexity index is 438. The zero-order chi connectivity index (χ0) is 15.0. The van der Waals surface area contributed by atoms with Gasteiger partial charge in [0.15, 0.2) is 0 Å². The molecule has 0 amide bonds. The zero-order valence-corrected chi connectivity index (χ0v) is 13.4. The Morgan fingerprint density at radius 2 is 1.85 bits per heavy atom. The van der Waals surface area contributed by atoms with Gasteiger partial charge in [0, 0.05) is 24.2 Å². The quantitative estimate of drug-likeness (QED) is 0.872. The molecule has 6 nitrogen and oxygen atoms in total. The van der Waals surface area contributed by atoms with E-state index in [2.05, 4.69) is 53.4 Å². The smallest absolute Gasteiger partial charge is 0.318 e. The van der Waals surface area contributed by atoms with Crippen LogP contribution in [0.3, 0.4) is 0 Å². The molecule has 0 atom stereocenters. The molecule has 0 radical (unpaired) electrons. The van der Waals surface area contributed by atoms with E-state index >= 15 is 0 Å². The average molecular weight is 281 g/mol. The van der Waals surface area contributed by atoms with Crippen LogP contribution in [0.15, 0.2) is 4.42 Å². The summed E-state index contributed by atoms with van der Waals surface area (Å²) in [6.07, 6.45) is 2.10. The number of piperidine rings is 1. The third-order valence-electron chi connectivity index (χ3n) is 3.80. The van der Waals surface area contributed by atoms with E-state index in [9.17, 15) is 0 Å². The molecule has 1 aromatic rings. The molecule has 20 heavy (non-hydrogen) atoms. The van der Waals surface area contributed by atoms with Crippen molar-refractivity contribution >= 4 is 6.01 Å². The molecule has 2 heterocycles. The van der Waals surface area contributed by atoms with Gasteiger partial charge in [-0.3, -0.25) is 0 Å². The molecule has 0 saturated carbocycles. The molecule has 2 N–H and O–H groups in total. The Balaban J connectivity index is 2.12. The third kappa shape index (κ3) is 3.49. The molecule has 0 bridgehead atoms. The number of nitrogens with one attached hydrogen (secondary N) is 2. The number of hydrogen-bond acceptors (Lipinski definition) is 6. The topological polar surface area (TPSA) is 66.2 Å². The molecule has 6 heteroatoms. The summed E-state index contributed by atoms with van der Waals surface area (Å²) in [4.78, 5) is 2.12. The highest BCUT2D eigenvalue weighted by Gasteiger charge is 2.40. The molecule has 0 unspecified atom stereocenters. The van der Waals surface area contributed by atoms with Crippen molar-refractivity contribution in [2.24, 2.45) is 0 Å². The number of anilines is 1. The highest BCUT2D eigenvalue weighted by atomic mass is 16.4. The SMILES string of the molecule is CNCc1nnc(N(C)C2CC(C)(C)NC(C)(C)C2)o1. The van der Waals surface area contributed by atoms with Crippen LogP contribution in [-0.4, -0.2) is 41.4 Å². The van der Waals surface area contributed by atoms with E-state index in [4.69, 9.17) is 4.42 Å². The van der Waals surface area contributed by atoms with Gasteiger partial charge in [0.2, 0.25) is 5.89 Å². The van der Waals surface area contributed by atoms with Crippen LogP contribution in [0, 0.1) is 0 Å². The van der Waals surface area contributed by atoms with E-state index in [1.807, 2.05) is 14.1 Å². The summed E-state index contributed by atoms with van der Waals surface area (Å²) in [7, 11) is 3.91. The van der Waals surface area contributed by atoms with Crippen molar-refractivity contribution in [3.63, 3.8) is 0 Å². The standard InChI is InChI=1S/C14H27N5O/c1-13(2)7-10(8-14(3,4)18-13)19(6)12-17-16-11(20-12)9-15-5/h10,15,18H,7-9H2,1-6H3. The van der Waals surface area contributed by atoms with Crippen molar-refractivity contribution in [3.8, 4) is 0 Å². The van der Waals surface area contributed by atoms with Crippen LogP contribution in [0.4, 0.5) is 6.01 Å². The molecule has 0 aromatic carbocycles. The lowest BCUT2D eigenvalue weighted by molar-refractivity contribution is 0.158. The van der Waals surface area contributed by atoms with Gasteiger partial charge < -0.3 is 20.0 Å². The van der Waals surface area contributed by atoms with Crippen LogP contribution in [0.5, 0.6) is 0 Å². The van der Waals surface area contributed by atoms with E-state index in [-0.39, 0.29) is 11.1 Å². The van der Waals surface area contributed by atoms with E-state index in [1.54, 1.807) is 0 Å². The lowest BCUT2D eigenvalue weighted by Crippen LogP contribution is -2.62. The first-order valence-corrected chi connectivity index (χ1v) is 7.22. The monoisotopic (exact) mass is 281 g/mol. The van der Waals surface area contributed by atoms with Gasteiger partial charge >= 0.3 is 6.01 Å². The Kier molecular flexibility index (Phi) is 4.07. The predicted octanol–water partition coefficient (Wildman–Crippen LogP) is 1.53. The van der Waals surface area contributed by atoms with Gasteiger partial charge in [0.25, 0.3) is 0 Å². The molecule has 1 fully saturated rings. The fourth-order valence-electron chi connectivity index (χ4n) is 3.31. The Morgan fingerprint density at radius 3 is 2.40 bits per heavy atom. The van der Waals surface area contributed by atoms with Crippen molar-refractivity contribution < 1.29 is 4.42 Å². The van der Waals surface area contributed by atoms with Crippen LogP contribution in [-0.2, 0) is 6.54 Å². The maximum absolute atomic E-state index is 5.70. The van der Waals surface area contributed by atoms with Gasteiger partial charge in [-0.15, -0.1) is 5.10 Å². The van der Waals surface area contributed by atoms with Gasteiger partial charge in [0.05, 0.1) is 6.54 Å². The number of hydrogen-bond donors (Lipinski definition) is 2.